The Morgan fingerprint density at radius 3 is 2.64 bits per heavy atom. The molecular formula is C19H24N2O4. The molecular weight excluding hydrogens is 320 g/mol. The molecule has 1 rings (SSSR count). The van der Waals surface area contributed by atoms with Crippen molar-refractivity contribution in [2.24, 2.45) is 5.92 Å². The number of rotatable bonds is 8. The van der Waals surface area contributed by atoms with Gasteiger partial charge in [-0.15, -0.1) is 0 Å². The molecule has 0 fully saturated rings. The Morgan fingerprint density at radius 1 is 1.36 bits per heavy atom. The maximum Gasteiger partial charge on any atom is 0.331 e. The fourth-order valence-electron chi connectivity index (χ4n) is 1.87. The molecule has 0 unspecified atom stereocenters. The number of amides is 1. The number of esters is 1. The summed E-state index contributed by atoms with van der Waals surface area (Å²) in [5, 5.41) is 11.7. The van der Waals surface area contributed by atoms with Gasteiger partial charge in [0.15, 0.2) is 6.61 Å². The van der Waals surface area contributed by atoms with Gasteiger partial charge < -0.3 is 14.8 Å². The van der Waals surface area contributed by atoms with Gasteiger partial charge in [0.2, 0.25) is 0 Å². The van der Waals surface area contributed by atoms with E-state index in [1.54, 1.807) is 19.1 Å². The molecule has 134 valence electrons. The van der Waals surface area contributed by atoms with Gasteiger partial charge in [-0.1, -0.05) is 32.0 Å². The Hall–Kier alpha value is -2.81. The quantitative estimate of drug-likeness (QED) is 0.578. The highest BCUT2D eigenvalue weighted by atomic mass is 16.5. The standard InChI is InChI=1S/C19H24N2O4/c1-5-24-16-9-7-6-8-15(16)10-11-18(23)25-12-17(22)21-19(4,13-20)14(2)3/h6-11,14H,5,12H2,1-4H3,(H,21,22)/b11-10+/t19-/m0/s1. The van der Waals surface area contributed by atoms with Gasteiger partial charge in [-0.3, -0.25) is 4.79 Å². The Bertz CT molecular complexity index is 676. The van der Waals surface area contributed by atoms with Gasteiger partial charge in [0.05, 0.1) is 12.7 Å². The predicted octanol–water partition coefficient (Wildman–Crippen LogP) is 2.70. The van der Waals surface area contributed by atoms with Crippen molar-refractivity contribution in [1.82, 2.24) is 5.32 Å². The highest BCUT2D eigenvalue weighted by Gasteiger charge is 2.30. The van der Waals surface area contributed by atoms with Crippen molar-refractivity contribution >= 4 is 18.0 Å². The Morgan fingerprint density at radius 2 is 2.04 bits per heavy atom. The number of hydrogen-bond donors (Lipinski definition) is 1. The fourth-order valence-corrected chi connectivity index (χ4v) is 1.87. The second-order valence-electron chi connectivity index (χ2n) is 5.93. The molecule has 0 saturated carbocycles. The molecule has 1 atom stereocenters. The van der Waals surface area contributed by atoms with Crippen LogP contribution in [0.3, 0.4) is 0 Å². The molecule has 6 nitrogen and oxygen atoms in total. The van der Waals surface area contributed by atoms with Crippen LogP contribution >= 0.6 is 0 Å². The molecule has 1 aromatic rings. The number of hydrogen-bond acceptors (Lipinski definition) is 5. The molecule has 0 bridgehead atoms. The van der Waals surface area contributed by atoms with Crippen molar-refractivity contribution in [3.63, 3.8) is 0 Å². The number of carbonyl (C=O) groups is 2. The lowest BCUT2D eigenvalue weighted by Gasteiger charge is -2.27. The molecule has 0 saturated heterocycles. The molecule has 25 heavy (non-hydrogen) atoms. The van der Waals surface area contributed by atoms with Crippen LogP contribution in [0.25, 0.3) is 6.08 Å². The average molecular weight is 344 g/mol. The first-order valence-electron chi connectivity index (χ1n) is 8.11. The zero-order valence-corrected chi connectivity index (χ0v) is 15.0. The highest BCUT2D eigenvalue weighted by Crippen LogP contribution is 2.19. The molecule has 0 heterocycles. The third-order valence-corrected chi connectivity index (χ3v) is 3.75. The van der Waals surface area contributed by atoms with Crippen LogP contribution in [0.1, 0.15) is 33.3 Å². The summed E-state index contributed by atoms with van der Waals surface area (Å²) >= 11 is 0. The highest BCUT2D eigenvalue weighted by molar-refractivity contribution is 5.89. The molecule has 0 aromatic heterocycles. The normalized spacial score (nSPS) is 13.1. The topological polar surface area (TPSA) is 88.4 Å². The lowest BCUT2D eigenvalue weighted by Crippen LogP contribution is -2.50. The van der Waals surface area contributed by atoms with E-state index in [1.165, 1.54) is 6.08 Å². The van der Waals surface area contributed by atoms with Gasteiger partial charge in [0.1, 0.15) is 11.3 Å². The first kappa shape index (κ1) is 20.2. The lowest BCUT2D eigenvalue weighted by atomic mass is 9.90. The smallest absolute Gasteiger partial charge is 0.331 e. The third-order valence-electron chi connectivity index (χ3n) is 3.75. The molecule has 6 heteroatoms. The van der Waals surface area contributed by atoms with Crippen molar-refractivity contribution in [3.05, 3.63) is 35.9 Å². The van der Waals surface area contributed by atoms with Crippen molar-refractivity contribution in [2.45, 2.75) is 33.2 Å². The summed E-state index contributed by atoms with van der Waals surface area (Å²) in [7, 11) is 0. The first-order chi connectivity index (χ1) is 11.8. The number of carbonyl (C=O) groups excluding carboxylic acids is 2. The van der Waals surface area contributed by atoms with Gasteiger partial charge >= 0.3 is 5.97 Å². The molecule has 1 amide bonds. The average Bonchev–Trinajstić information content (AvgIpc) is 2.59. The first-order valence-corrected chi connectivity index (χ1v) is 8.11. The van der Waals surface area contributed by atoms with E-state index in [0.29, 0.717) is 12.4 Å². The molecule has 0 aliphatic rings. The number of ether oxygens (including phenoxy) is 2. The van der Waals surface area contributed by atoms with E-state index in [2.05, 4.69) is 11.4 Å². The summed E-state index contributed by atoms with van der Waals surface area (Å²) in [4.78, 5) is 23.6. The van der Waals surface area contributed by atoms with E-state index in [0.717, 1.165) is 5.56 Å². The van der Waals surface area contributed by atoms with Gasteiger partial charge in [-0.25, -0.2) is 4.79 Å². The maximum absolute atomic E-state index is 11.9. The van der Waals surface area contributed by atoms with Crippen molar-refractivity contribution < 1.29 is 19.1 Å². The zero-order valence-electron chi connectivity index (χ0n) is 15.0. The predicted molar refractivity (Wildman–Crippen MR) is 94.6 cm³/mol. The van der Waals surface area contributed by atoms with Crippen LogP contribution in [0.5, 0.6) is 5.75 Å². The summed E-state index contributed by atoms with van der Waals surface area (Å²) in [5.74, 6) is -0.584. The summed E-state index contributed by atoms with van der Waals surface area (Å²) in [6.45, 7) is 7.23. The summed E-state index contributed by atoms with van der Waals surface area (Å²) < 4.78 is 10.4. The molecule has 0 aliphatic heterocycles. The van der Waals surface area contributed by atoms with E-state index in [-0.39, 0.29) is 5.92 Å². The Balaban J connectivity index is 2.58. The number of nitriles is 1. The van der Waals surface area contributed by atoms with E-state index in [4.69, 9.17) is 14.7 Å². The fraction of sp³-hybridized carbons (Fsp3) is 0.421. The summed E-state index contributed by atoms with van der Waals surface area (Å²) in [6, 6.07) is 9.34. The molecule has 1 aromatic carbocycles. The van der Waals surface area contributed by atoms with Crippen LogP contribution in [0, 0.1) is 17.2 Å². The van der Waals surface area contributed by atoms with Gasteiger partial charge in [-0.2, -0.15) is 5.26 Å². The van der Waals surface area contributed by atoms with Gasteiger partial charge in [0.25, 0.3) is 5.91 Å². The summed E-state index contributed by atoms with van der Waals surface area (Å²) in [6.07, 6.45) is 2.80. The molecule has 1 N–H and O–H groups in total. The monoisotopic (exact) mass is 344 g/mol. The van der Waals surface area contributed by atoms with Crippen LogP contribution < -0.4 is 10.1 Å². The number of benzene rings is 1. The third kappa shape index (κ3) is 6.30. The minimum absolute atomic E-state index is 0.0767. The lowest BCUT2D eigenvalue weighted by molar-refractivity contribution is -0.144. The van der Waals surface area contributed by atoms with Crippen LogP contribution in [0.4, 0.5) is 0 Å². The molecule has 0 spiro atoms. The van der Waals surface area contributed by atoms with E-state index < -0.39 is 24.0 Å². The Labute approximate surface area is 148 Å². The Kier molecular flexibility index (Phi) is 7.67. The SMILES string of the molecule is CCOc1ccccc1/C=C/C(=O)OCC(=O)N[C@@](C)(C#N)C(C)C. The minimum atomic E-state index is -1.00. The molecule has 0 radical (unpaired) electrons. The van der Waals surface area contributed by atoms with Crippen molar-refractivity contribution in [3.8, 4) is 11.8 Å². The van der Waals surface area contributed by atoms with Crippen molar-refractivity contribution in [2.75, 3.05) is 13.2 Å². The van der Waals surface area contributed by atoms with Crippen LogP contribution in [0.2, 0.25) is 0 Å². The van der Waals surface area contributed by atoms with Crippen LogP contribution in [-0.2, 0) is 14.3 Å². The second-order valence-corrected chi connectivity index (χ2v) is 5.93. The largest absolute Gasteiger partial charge is 0.493 e. The van der Waals surface area contributed by atoms with Crippen molar-refractivity contribution in [1.29, 1.82) is 5.26 Å². The van der Waals surface area contributed by atoms with Gasteiger partial charge in [0, 0.05) is 11.6 Å². The van der Waals surface area contributed by atoms with Crippen LogP contribution in [0.15, 0.2) is 30.3 Å². The van der Waals surface area contributed by atoms with E-state index >= 15 is 0 Å². The summed E-state index contributed by atoms with van der Waals surface area (Å²) in [5.41, 5.74) is -0.266. The number of nitrogens with one attached hydrogen (secondary N) is 1. The molecule has 0 aliphatic carbocycles. The van der Waals surface area contributed by atoms with E-state index in [1.807, 2.05) is 39.0 Å². The van der Waals surface area contributed by atoms with Gasteiger partial charge in [-0.05, 0) is 31.9 Å². The maximum atomic E-state index is 11.9. The van der Waals surface area contributed by atoms with E-state index in [9.17, 15) is 9.59 Å². The number of para-hydroxylation sites is 1. The minimum Gasteiger partial charge on any atom is -0.493 e. The zero-order chi connectivity index (χ0) is 18.9. The van der Waals surface area contributed by atoms with Crippen LogP contribution in [-0.4, -0.2) is 30.6 Å². The second kappa shape index (κ2) is 9.48. The number of nitrogens with zero attached hydrogens (tertiary/aromatic N) is 1.